The molecule has 102 valence electrons. The van der Waals surface area contributed by atoms with Crippen molar-refractivity contribution in [2.75, 3.05) is 0 Å². The summed E-state index contributed by atoms with van der Waals surface area (Å²) < 4.78 is 40.5. The average Bonchev–Trinajstić information content (AvgIpc) is 2.65. The van der Waals surface area contributed by atoms with Crippen molar-refractivity contribution < 1.29 is 13.2 Å². The van der Waals surface area contributed by atoms with Gasteiger partial charge < -0.3 is 0 Å². The number of halogens is 3. The van der Waals surface area contributed by atoms with Crippen LogP contribution in [0.15, 0.2) is 23.0 Å². The van der Waals surface area contributed by atoms with Crippen LogP contribution in [0.4, 0.5) is 13.2 Å². The first-order valence-electron chi connectivity index (χ1n) is 5.67. The quantitative estimate of drug-likeness (QED) is 0.795. The second-order valence-corrected chi connectivity index (χ2v) is 5.31. The molecule has 2 rings (SSSR count). The van der Waals surface area contributed by atoms with Gasteiger partial charge in [0, 0.05) is 29.3 Å². The lowest BCUT2D eigenvalue weighted by molar-refractivity contribution is 0.490. The molecule has 0 bridgehead atoms. The van der Waals surface area contributed by atoms with Crippen LogP contribution < -0.4 is 5.56 Å². The summed E-state index contributed by atoms with van der Waals surface area (Å²) in [6, 6.07) is 2.37. The third kappa shape index (κ3) is 2.43. The first-order chi connectivity index (χ1) is 8.70. The maximum atomic E-state index is 13.6. The molecular formula is C13H13F3N2O. The van der Waals surface area contributed by atoms with Gasteiger partial charge in [-0.15, -0.1) is 0 Å². The van der Waals surface area contributed by atoms with E-state index in [4.69, 9.17) is 0 Å². The van der Waals surface area contributed by atoms with E-state index < -0.39 is 23.0 Å². The number of hydrogen-bond acceptors (Lipinski definition) is 1. The summed E-state index contributed by atoms with van der Waals surface area (Å²) in [6.45, 7) is 5.60. The maximum absolute atomic E-state index is 13.6. The van der Waals surface area contributed by atoms with Gasteiger partial charge in [0.1, 0.15) is 5.69 Å². The van der Waals surface area contributed by atoms with Crippen LogP contribution in [0, 0.1) is 17.5 Å². The Labute approximate surface area is 107 Å². The maximum Gasteiger partial charge on any atom is 0.271 e. The fourth-order valence-electron chi connectivity index (χ4n) is 1.64. The molecule has 1 aromatic carbocycles. The minimum absolute atomic E-state index is 0.348. The average molecular weight is 270 g/mol. The number of aromatic amines is 1. The third-order valence-corrected chi connectivity index (χ3v) is 2.76. The van der Waals surface area contributed by atoms with E-state index in [1.54, 1.807) is 0 Å². The largest absolute Gasteiger partial charge is 0.294 e. The van der Waals surface area contributed by atoms with E-state index in [0.717, 1.165) is 4.68 Å². The van der Waals surface area contributed by atoms with Crippen LogP contribution >= 0.6 is 0 Å². The van der Waals surface area contributed by atoms with Gasteiger partial charge in [-0.3, -0.25) is 9.89 Å². The minimum Gasteiger partial charge on any atom is -0.294 e. The molecule has 1 N–H and O–H groups in total. The molecule has 1 heterocycles. The second-order valence-electron chi connectivity index (χ2n) is 5.31. The predicted molar refractivity (Wildman–Crippen MR) is 65.0 cm³/mol. The molecule has 0 aliphatic carbocycles. The fraction of sp³-hybridized carbons (Fsp3) is 0.308. The van der Waals surface area contributed by atoms with Crippen LogP contribution in [0.2, 0.25) is 0 Å². The van der Waals surface area contributed by atoms with Gasteiger partial charge in [-0.2, -0.15) is 0 Å². The van der Waals surface area contributed by atoms with Crippen molar-refractivity contribution in [1.29, 1.82) is 0 Å². The highest BCUT2D eigenvalue weighted by Crippen LogP contribution is 2.21. The Morgan fingerprint density at radius 2 is 1.58 bits per heavy atom. The lowest BCUT2D eigenvalue weighted by Gasteiger charge is -2.15. The van der Waals surface area contributed by atoms with E-state index in [-0.39, 0.29) is 11.1 Å². The lowest BCUT2D eigenvalue weighted by atomic mass is 9.93. The van der Waals surface area contributed by atoms with Gasteiger partial charge in [0.05, 0.1) is 0 Å². The number of aromatic nitrogens is 2. The Morgan fingerprint density at radius 3 is 2.11 bits per heavy atom. The Balaban J connectivity index is 2.64. The molecule has 19 heavy (non-hydrogen) atoms. The van der Waals surface area contributed by atoms with E-state index in [1.807, 2.05) is 20.8 Å². The molecular weight excluding hydrogens is 257 g/mol. The van der Waals surface area contributed by atoms with Crippen molar-refractivity contribution in [3.05, 3.63) is 51.7 Å². The smallest absolute Gasteiger partial charge is 0.271 e. The zero-order valence-corrected chi connectivity index (χ0v) is 10.7. The molecule has 0 fully saturated rings. The highest BCUT2D eigenvalue weighted by Gasteiger charge is 2.20. The number of rotatable bonds is 1. The van der Waals surface area contributed by atoms with E-state index >= 15 is 0 Å². The summed E-state index contributed by atoms with van der Waals surface area (Å²) >= 11 is 0. The molecule has 0 saturated heterocycles. The number of nitrogens with one attached hydrogen (secondary N) is 1. The Hall–Kier alpha value is -1.98. The van der Waals surface area contributed by atoms with Crippen LogP contribution in [0.25, 0.3) is 5.69 Å². The second kappa shape index (κ2) is 4.29. The van der Waals surface area contributed by atoms with Crippen molar-refractivity contribution in [2.24, 2.45) is 0 Å². The number of H-pyrrole nitrogens is 1. The molecule has 0 spiro atoms. The SMILES string of the molecule is CC(C)(C)c1cc(=O)n(-c2cc(F)c(F)cc2F)[nH]1. The van der Waals surface area contributed by atoms with Crippen molar-refractivity contribution >= 4 is 0 Å². The first kappa shape index (κ1) is 13.5. The van der Waals surface area contributed by atoms with Crippen LogP contribution in [-0.2, 0) is 5.41 Å². The first-order valence-corrected chi connectivity index (χ1v) is 5.67. The molecule has 1 aromatic heterocycles. The van der Waals surface area contributed by atoms with Crippen molar-refractivity contribution in [2.45, 2.75) is 26.2 Å². The molecule has 0 aliphatic heterocycles. The van der Waals surface area contributed by atoms with Gasteiger partial charge in [0.25, 0.3) is 5.56 Å². The summed E-state index contributed by atoms with van der Waals surface area (Å²) in [5.41, 5.74) is -0.657. The van der Waals surface area contributed by atoms with Gasteiger partial charge in [-0.25, -0.2) is 17.9 Å². The number of benzene rings is 1. The topological polar surface area (TPSA) is 37.8 Å². The summed E-state index contributed by atoms with van der Waals surface area (Å²) in [5.74, 6) is -3.52. The van der Waals surface area contributed by atoms with Crippen molar-refractivity contribution in [3.63, 3.8) is 0 Å². The monoisotopic (exact) mass is 270 g/mol. The van der Waals surface area contributed by atoms with Gasteiger partial charge in [0.15, 0.2) is 17.5 Å². The lowest BCUT2D eigenvalue weighted by Crippen LogP contribution is -2.16. The standard InChI is InChI=1S/C13H13F3N2O/c1-13(2,3)11-6-12(19)18(17-11)10-5-8(15)7(14)4-9(10)16/h4-6,17H,1-3H3. The van der Waals surface area contributed by atoms with Crippen molar-refractivity contribution in [3.8, 4) is 5.69 Å². The molecule has 0 atom stereocenters. The molecule has 2 aromatic rings. The van der Waals surface area contributed by atoms with E-state index in [2.05, 4.69) is 5.10 Å². The number of nitrogens with zero attached hydrogens (tertiary/aromatic N) is 1. The van der Waals surface area contributed by atoms with Gasteiger partial charge in [-0.05, 0) is 0 Å². The normalized spacial score (nSPS) is 11.9. The zero-order valence-electron chi connectivity index (χ0n) is 10.7. The molecule has 0 amide bonds. The Bertz CT molecular complexity index is 680. The summed E-state index contributed by atoms with van der Waals surface area (Å²) in [7, 11) is 0. The third-order valence-electron chi connectivity index (χ3n) is 2.76. The fourth-order valence-corrected chi connectivity index (χ4v) is 1.64. The predicted octanol–water partition coefficient (Wildman–Crippen LogP) is 2.88. The van der Waals surface area contributed by atoms with Crippen LogP contribution in [-0.4, -0.2) is 9.78 Å². The van der Waals surface area contributed by atoms with Gasteiger partial charge in [0.2, 0.25) is 0 Å². The molecule has 3 nitrogen and oxygen atoms in total. The highest BCUT2D eigenvalue weighted by molar-refractivity contribution is 5.34. The van der Waals surface area contributed by atoms with Crippen LogP contribution in [0.5, 0.6) is 0 Å². The van der Waals surface area contributed by atoms with E-state index in [0.29, 0.717) is 17.8 Å². The Morgan fingerprint density at radius 1 is 1.00 bits per heavy atom. The van der Waals surface area contributed by atoms with E-state index in [9.17, 15) is 18.0 Å². The molecule has 0 unspecified atom stereocenters. The minimum atomic E-state index is -1.29. The van der Waals surface area contributed by atoms with Crippen LogP contribution in [0.3, 0.4) is 0 Å². The highest BCUT2D eigenvalue weighted by atomic mass is 19.2. The van der Waals surface area contributed by atoms with Gasteiger partial charge >= 0.3 is 0 Å². The molecule has 0 saturated carbocycles. The van der Waals surface area contributed by atoms with Crippen molar-refractivity contribution in [1.82, 2.24) is 9.78 Å². The number of hydrogen-bond donors (Lipinski definition) is 1. The summed E-state index contributed by atoms with van der Waals surface area (Å²) in [6.07, 6.45) is 0. The summed E-state index contributed by atoms with van der Waals surface area (Å²) in [4.78, 5) is 11.8. The Kier molecular flexibility index (Phi) is 3.04. The van der Waals surface area contributed by atoms with Crippen LogP contribution in [0.1, 0.15) is 26.5 Å². The molecule has 0 radical (unpaired) electrons. The molecule has 6 heteroatoms. The zero-order chi connectivity index (χ0) is 14.4. The van der Waals surface area contributed by atoms with E-state index in [1.165, 1.54) is 6.07 Å². The summed E-state index contributed by atoms with van der Waals surface area (Å²) in [5, 5.41) is 2.70. The molecule has 0 aliphatic rings. The van der Waals surface area contributed by atoms with Gasteiger partial charge in [-0.1, -0.05) is 20.8 Å².